The van der Waals surface area contributed by atoms with Gasteiger partial charge < -0.3 is 5.32 Å². The molecule has 0 bridgehead atoms. The molecule has 1 N–H and O–H groups in total. The highest BCUT2D eigenvalue weighted by molar-refractivity contribution is 8.14. The van der Waals surface area contributed by atoms with Crippen LogP contribution < -0.4 is 5.32 Å². The van der Waals surface area contributed by atoms with Gasteiger partial charge in [-0.3, -0.25) is 9.98 Å². The Morgan fingerprint density at radius 3 is 3.07 bits per heavy atom. The second-order valence-corrected chi connectivity index (χ2v) is 5.13. The zero-order valence-electron chi connectivity index (χ0n) is 9.03. The normalized spacial score (nSPS) is 20.1. The molecule has 0 amide bonds. The molecule has 2 rings (SSSR count). The Labute approximate surface area is 94.4 Å². The minimum atomic E-state index is 0.609. The molecule has 1 aromatic rings. The quantitative estimate of drug-likeness (QED) is 0.829. The summed E-state index contributed by atoms with van der Waals surface area (Å²) in [6, 6.07) is 6.07. The Hall–Kier alpha value is -1.03. The molecule has 0 aromatic carbocycles. The molecule has 0 radical (unpaired) electrons. The number of aryl methyl sites for hydroxylation is 1. The van der Waals surface area contributed by atoms with Crippen LogP contribution in [0.15, 0.2) is 23.2 Å². The van der Waals surface area contributed by atoms with Crippen LogP contribution in [0.5, 0.6) is 0 Å². The van der Waals surface area contributed by atoms with E-state index in [1.807, 2.05) is 25.1 Å². The molecule has 1 aromatic heterocycles. The van der Waals surface area contributed by atoms with Crippen LogP contribution in [0.25, 0.3) is 0 Å². The Morgan fingerprint density at radius 1 is 1.53 bits per heavy atom. The molecule has 0 saturated heterocycles. The van der Waals surface area contributed by atoms with Crippen LogP contribution in [0.2, 0.25) is 0 Å². The summed E-state index contributed by atoms with van der Waals surface area (Å²) in [7, 11) is 0. The molecule has 0 saturated carbocycles. The van der Waals surface area contributed by atoms with E-state index < -0.39 is 0 Å². The molecule has 1 unspecified atom stereocenters. The van der Waals surface area contributed by atoms with Crippen molar-refractivity contribution in [3.63, 3.8) is 0 Å². The molecule has 1 aliphatic rings. The van der Waals surface area contributed by atoms with Crippen LogP contribution in [0.4, 0.5) is 0 Å². The molecule has 0 spiro atoms. The molecule has 2 heterocycles. The lowest BCUT2D eigenvalue weighted by Gasteiger charge is -2.05. The number of aliphatic imine (C=N–C) groups is 1. The van der Waals surface area contributed by atoms with Crippen LogP contribution in [0.1, 0.15) is 18.3 Å². The van der Waals surface area contributed by atoms with Gasteiger partial charge in [0.2, 0.25) is 0 Å². The van der Waals surface area contributed by atoms with Crippen molar-refractivity contribution in [3.8, 4) is 0 Å². The SMILES string of the molecule is Cc1cccc(CNC2=NCC(C)S2)n1. The minimum Gasteiger partial charge on any atom is -0.359 e. The summed E-state index contributed by atoms with van der Waals surface area (Å²) >= 11 is 1.80. The van der Waals surface area contributed by atoms with Crippen molar-refractivity contribution in [1.29, 1.82) is 0 Å². The maximum atomic E-state index is 4.43. The average Bonchev–Trinajstić information content (AvgIpc) is 2.62. The Morgan fingerprint density at radius 2 is 2.40 bits per heavy atom. The number of rotatable bonds is 2. The third kappa shape index (κ3) is 2.96. The fraction of sp³-hybridized carbons (Fsp3) is 0.455. The van der Waals surface area contributed by atoms with Gasteiger partial charge in [0.15, 0.2) is 5.17 Å². The monoisotopic (exact) mass is 221 g/mol. The van der Waals surface area contributed by atoms with E-state index in [0.717, 1.165) is 29.6 Å². The summed E-state index contributed by atoms with van der Waals surface area (Å²) in [6.07, 6.45) is 0. The molecular formula is C11H15N3S. The van der Waals surface area contributed by atoms with Gasteiger partial charge in [0.1, 0.15) is 0 Å². The lowest BCUT2D eigenvalue weighted by Crippen LogP contribution is -2.19. The van der Waals surface area contributed by atoms with Gasteiger partial charge in [0.05, 0.1) is 18.8 Å². The van der Waals surface area contributed by atoms with Gasteiger partial charge in [-0.05, 0) is 19.1 Å². The summed E-state index contributed by atoms with van der Waals surface area (Å²) in [5, 5.41) is 4.96. The molecule has 4 heteroatoms. The van der Waals surface area contributed by atoms with Crippen LogP contribution >= 0.6 is 11.8 Å². The van der Waals surface area contributed by atoms with Crippen molar-refractivity contribution in [2.24, 2.45) is 4.99 Å². The van der Waals surface area contributed by atoms with Crippen molar-refractivity contribution in [2.75, 3.05) is 6.54 Å². The van der Waals surface area contributed by atoms with Crippen molar-refractivity contribution < 1.29 is 0 Å². The van der Waals surface area contributed by atoms with Gasteiger partial charge in [-0.1, -0.05) is 24.8 Å². The number of hydrogen-bond donors (Lipinski definition) is 1. The van der Waals surface area contributed by atoms with E-state index in [0.29, 0.717) is 5.25 Å². The molecular weight excluding hydrogens is 206 g/mol. The maximum Gasteiger partial charge on any atom is 0.157 e. The van der Waals surface area contributed by atoms with Crippen molar-refractivity contribution in [1.82, 2.24) is 10.3 Å². The van der Waals surface area contributed by atoms with Gasteiger partial charge >= 0.3 is 0 Å². The van der Waals surface area contributed by atoms with Crippen LogP contribution in [-0.4, -0.2) is 21.9 Å². The van der Waals surface area contributed by atoms with E-state index in [4.69, 9.17) is 0 Å². The number of amidine groups is 1. The lowest BCUT2D eigenvalue weighted by atomic mass is 10.3. The van der Waals surface area contributed by atoms with Gasteiger partial charge in [0, 0.05) is 10.9 Å². The fourth-order valence-electron chi connectivity index (χ4n) is 1.44. The van der Waals surface area contributed by atoms with Gasteiger partial charge in [-0.15, -0.1) is 0 Å². The number of pyridine rings is 1. The van der Waals surface area contributed by atoms with Gasteiger partial charge in [-0.25, -0.2) is 0 Å². The van der Waals surface area contributed by atoms with E-state index in [1.54, 1.807) is 11.8 Å². The zero-order chi connectivity index (χ0) is 10.7. The van der Waals surface area contributed by atoms with E-state index in [9.17, 15) is 0 Å². The van der Waals surface area contributed by atoms with Crippen molar-refractivity contribution in [2.45, 2.75) is 25.6 Å². The molecule has 1 atom stereocenters. The first-order valence-corrected chi connectivity index (χ1v) is 5.99. The molecule has 0 fully saturated rings. The first kappa shape index (κ1) is 10.5. The first-order chi connectivity index (χ1) is 7.24. The number of aromatic nitrogens is 1. The highest BCUT2D eigenvalue weighted by Crippen LogP contribution is 2.18. The van der Waals surface area contributed by atoms with E-state index in [-0.39, 0.29) is 0 Å². The molecule has 1 aliphatic heterocycles. The molecule has 0 aliphatic carbocycles. The summed E-state index contributed by atoms with van der Waals surface area (Å²) in [4.78, 5) is 8.82. The molecule has 3 nitrogen and oxygen atoms in total. The minimum absolute atomic E-state index is 0.609. The Kier molecular flexibility index (Phi) is 3.26. The largest absolute Gasteiger partial charge is 0.359 e. The van der Waals surface area contributed by atoms with Gasteiger partial charge in [0.25, 0.3) is 0 Å². The smallest absolute Gasteiger partial charge is 0.157 e. The second-order valence-electron chi connectivity index (χ2n) is 3.70. The highest BCUT2D eigenvalue weighted by Gasteiger charge is 2.14. The summed E-state index contributed by atoms with van der Waals surface area (Å²) in [5.41, 5.74) is 2.13. The van der Waals surface area contributed by atoms with Crippen molar-refractivity contribution >= 4 is 16.9 Å². The van der Waals surface area contributed by atoms with Crippen LogP contribution in [0.3, 0.4) is 0 Å². The maximum absolute atomic E-state index is 4.43. The molecule has 15 heavy (non-hydrogen) atoms. The van der Waals surface area contributed by atoms with Crippen LogP contribution in [-0.2, 0) is 6.54 Å². The topological polar surface area (TPSA) is 37.3 Å². The Bertz CT molecular complexity index is 376. The summed E-state index contributed by atoms with van der Waals surface area (Å²) < 4.78 is 0. The number of nitrogens with zero attached hydrogens (tertiary/aromatic N) is 2. The van der Waals surface area contributed by atoms with Crippen LogP contribution in [0, 0.1) is 6.92 Å². The predicted molar refractivity (Wildman–Crippen MR) is 65.2 cm³/mol. The van der Waals surface area contributed by atoms with E-state index in [1.165, 1.54) is 0 Å². The summed E-state index contributed by atoms with van der Waals surface area (Å²) in [6.45, 7) is 5.88. The third-order valence-electron chi connectivity index (χ3n) is 2.17. The second kappa shape index (κ2) is 4.66. The number of thioether (sulfide) groups is 1. The van der Waals surface area contributed by atoms with E-state index in [2.05, 4.69) is 22.2 Å². The first-order valence-electron chi connectivity index (χ1n) is 5.11. The third-order valence-corrected chi connectivity index (χ3v) is 3.22. The Balaban J connectivity index is 1.88. The zero-order valence-corrected chi connectivity index (χ0v) is 9.84. The van der Waals surface area contributed by atoms with Crippen molar-refractivity contribution in [3.05, 3.63) is 29.6 Å². The highest BCUT2D eigenvalue weighted by atomic mass is 32.2. The fourth-order valence-corrected chi connectivity index (χ4v) is 2.27. The summed E-state index contributed by atoms with van der Waals surface area (Å²) in [5.74, 6) is 0. The number of hydrogen-bond acceptors (Lipinski definition) is 4. The number of nitrogens with one attached hydrogen (secondary N) is 1. The lowest BCUT2D eigenvalue weighted by molar-refractivity contribution is 0.869. The van der Waals surface area contributed by atoms with E-state index >= 15 is 0 Å². The predicted octanol–water partition coefficient (Wildman–Crippen LogP) is 1.97. The average molecular weight is 221 g/mol. The van der Waals surface area contributed by atoms with Gasteiger partial charge in [-0.2, -0.15) is 0 Å². The standard InChI is InChI=1S/C11H15N3S/c1-8-4-3-5-10(14-8)7-13-11-12-6-9(2)15-11/h3-5,9H,6-7H2,1-2H3,(H,12,13). The molecule has 80 valence electrons.